The van der Waals surface area contributed by atoms with Crippen LogP contribution in [0, 0.1) is 0 Å². The number of halogens is 10. The molecular weight excluding hydrogens is 558 g/mol. The van der Waals surface area contributed by atoms with E-state index in [4.69, 9.17) is 69.6 Å². The normalized spacial score (nSPS) is 11.2. The molecule has 0 amide bonds. The number of rotatable bonds is 4. The van der Waals surface area contributed by atoms with Gasteiger partial charge in [0, 0.05) is 41.0 Å². The fraction of sp³-hybridized carbons (Fsp3) is 0.250. The van der Waals surface area contributed by atoms with Crippen molar-refractivity contribution in [3.63, 3.8) is 0 Å². The SMILES string of the molecule is Clc1cc(Cl)c(CBr)c(Cl)c1.FC(F)(F)COCc1c(Cl)cc(Cl)cc1Cl. The van der Waals surface area contributed by atoms with E-state index >= 15 is 0 Å². The summed E-state index contributed by atoms with van der Waals surface area (Å²) in [5, 5.41) is 3.07. The van der Waals surface area contributed by atoms with E-state index in [1.54, 1.807) is 12.1 Å². The molecule has 27 heavy (non-hydrogen) atoms. The lowest BCUT2D eigenvalue weighted by molar-refractivity contribution is -0.176. The zero-order chi connectivity index (χ0) is 20.8. The van der Waals surface area contributed by atoms with Crippen molar-refractivity contribution in [3.05, 3.63) is 65.5 Å². The van der Waals surface area contributed by atoms with Crippen LogP contribution < -0.4 is 0 Å². The fourth-order valence-electron chi connectivity index (χ4n) is 1.68. The monoisotopic (exact) mass is 564 g/mol. The number of hydrogen-bond donors (Lipinski definition) is 0. The third kappa shape index (κ3) is 9.18. The van der Waals surface area contributed by atoms with Crippen LogP contribution >= 0.6 is 85.5 Å². The summed E-state index contributed by atoms with van der Waals surface area (Å²) in [4.78, 5) is 0. The van der Waals surface area contributed by atoms with Crippen molar-refractivity contribution < 1.29 is 17.9 Å². The number of benzene rings is 2. The molecule has 0 unspecified atom stereocenters. The average Bonchev–Trinajstić information content (AvgIpc) is 2.49. The van der Waals surface area contributed by atoms with Gasteiger partial charge in [0.15, 0.2) is 0 Å². The maximum absolute atomic E-state index is 11.8. The standard InChI is InChI=1S/C9H6Cl3F3O.C7H4BrCl3/c10-5-1-7(11)6(8(12)2-5)3-16-4-9(13,14)15;8-3-5-6(10)1-4(9)2-7(5)11/h1-2H,3-4H2;1-2H,3H2. The van der Waals surface area contributed by atoms with Gasteiger partial charge in [-0.05, 0) is 29.8 Å². The molecule has 2 aromatic carbocycles. The Bertz CT molecular complexity index is 739. The zero-order valence-electron chi connectivity index (χ0n) is 13.1. The maximum atomic E-state index is 11.8. The molecule has 0 spiro atoms. The summed E-state index contributed by atoms with van der Waals surface area (Å²) in [6.07, 6.45) is -4.37. The molecule has 0 aliphatic heterocycles. The molecule has 2 rings (SSSR count). The third-order valence-corrected chi connectivity index (χ3v) is 5.20. The van der Waals surface area contributed by atoms with Gasteiger partial charge in [0.05, 0.1) is 6.61 Å². The lowest BCUT2D eigenvalue weighted by Gasteiger charge is -2.10. The van der Waals surface area contributed by atoms with Crippen LogP contribution in [0.25, 0.3) is 0 Å². The summed E-state index contributed by atoms with van der Waals surface area (Å²) in [7, 11) is 0. The third-order valence-electron chi connectivity index (χ3n) is 2.86. The van der Waals surface area contributed by atoms with Gasteiger partial charge in [0.2, 0.25) is 0 Å². The van der Waals surface area contributed by atoms with Gasteiger partial charge in [0.25, 0.3) is 0 Å². The highest BCUT2D eigenvalue weighted by atomic mass is 79.9. The van der Waals surface area contributed by atoms with Crippen LogP contribution in [0.3, 0.4) is 0 Å². The molecule has 0 heterocycles. The lowest BCUT2D eigenvalue weighted by Crippen LogP contribution is -2.16. The minimum atomic E-state index is -4.37. The molecular formula is C16H10BrCl6F3O. The Balaban J connectivity index is 0.000000289. The van der Waals surface area contributed by atoms with Gasteiger partial charge < -0.3 is 4.74 Å². The Morgan fingerprint density at radius 1 is 0.741 bits per heavy atom. The van der Waals surface area contributed by atoms with Crippen molar-refractivity contribution in [2.24, 2.45) is 0 Å². The summed E-state index contributed by atoms with van der Waals surface area (Å²) in [6, 6.07) is 6.12. The predicted molar refractivity (Wildman–Crippen MR) is 111 cm³/mol. The average molecular weight is 568 g/mol. The van der Waals surface area contributed by atoms with Gasteiger partial charge in [-0.2, -0.15) is 13.2 Å². The van der Waals surface area contributed by atoms with E-state index in [2.05, 4.69) is 20.7 Å². The van der Waals surface area contributed by atoms with Gasteiger partial charge in [-0.1, -0.05) is 85.5 Å². The quantitative estimate of drug-likeness (QED) is 0.335. The summed E-state index contributed by atoms with van der Waals surface area (Å²) in [5.41, 5.74) is 1.16. The van der Waals surface area contributed by atoms with Gasteiger partial charge in [-0.15, -0.1) is 0 Å². The smallest absolute Gasteiger partial charge is 0.367 e. The summed E-state index contributed by atoms with van der Waals surface area (Å²) in [5.74, 6) is 0. The molecule has 0 aliphatic rings. The van der Waals surface area contributed by atoms with E-state index in [0.717, 1.165) is 5.56 Å². The van der Waals surface area contributed by atoms with Gasteiger partial charge in [-0.3, -0.25) is 0 Å². The van der Waals surface area contributed by atoms with Crippen LogP contribution in [0.2, 0.25) is 30.1 Å². The van der Waals surface area contributed by atoms with Crippen LogP contribution in [-0.2, 0) is 16.7 Å². The summed E-state index contributed by atoms with van der Waals surface area (Å²) in [6.45, 7) is -1.66. The first kappa shape index (κ1) is 25.4. The van der Waals surface area contributed by atoms with Gasteiger partial charge in [-0.25, -0.2) is 0 Å². The minimum absolute atomic E-state index is 0.180. The molecule has 150 valence electrons. The molecule has 0 aromatic heterocycles. The highest BCUT2D eigenvalue weighted by Gasteiger charge is 2.27. The zero-order valence-corrected chi connectivity index (χ0v) is 19.2. The Hall–Kier alpha value is 0.410. The Kier molecular flexibility index (Phi) is 10.9. The lowest BCUT2D eigenvalue weighted by atomic mass is 10.2. The Morgan fingerprint density at radius 3 is 1.44 bits per heavy atom. The van der Waals surface area contributed by atoms with Gasteiger partial charge in [0.1, 0.15) is 6.61 Å². The second kappa shape index (κ2) is 11.6. The van der Waals surface area contributed by atoms with E-state index in [-0.39, 0.29) is 22.2 Å². The van der Waals surface area contributed by atoms with Crippen LogP contribution in [0.4, 0.5) is 13.2 Å². The minimum Gasteiger partial charge on any atom is -0.367 e. The second-order valence-electron chi connectivity index (χ2n) is 4.94. The first-order valence-corrected chi connectivity index (χ1v) is 10.3. The highest BCUT2D eigenvalue weighted by Crippen LogP contribution is 2.31. The topological polar surface area (TPSA) is 9.23 Å². The maximum Gasteiger partial charge on any atom is 0.411 e. The molecule has 1 nitrogen and oxygen atoms in total. The number of hydrogen-bond acceptors (Lipinski definition) is 1. The largest absolute Gasteiger partial charge is 0.411 e. The first-order chi connectivity index (χ1) is 12.4. The van der Waals surface area contributed by atoms with Crippen molar-refractivity contribution in [2.75, 3.05) is 6.61 Å². The summed E-state index contributed by atoms with van der Waals surface area (Å²) < 4.78 is 39.9. The van der Waals surface area contributed by atoms with E-state index in [1.807, 2.05) is 0 Å². The van der Waals surface area contributed by atoms with Crippen LogP contribution in [0.5, 0.6) is 0 Å². The van der Waals surface area contributed by atoms with E-state index < -0.39 is 12.8 Å². The molecule has 0 aliphatic carbocycles. The summed E-state index contributed by atoms with van der Waals surface area (Å²) >= 11 is 37.8. The Morgan fingerprint density at radius 2 is 1.11 bits per heavy atom. The van der Waals surface area contributed by atoms with Crippen LogP contribution in [0.1, 0.15) is 11.1 Å². The molecule has 0 bridgehead atoms. The first-order valence-electron chi connectivity index (χ1n) is 6.92. The molecule has 0 atom stereocenters. The number of alkyl halides is 4. The van der Waals surface area contributed by atoms with Crippen molar-refractivity contribution >= 4 is 85.5 Å². The fourth-order valence-corrected chi connectivity index (χ4v) is 4.48. The van der Waals surface area contributed by atoms with Crippen molar-refractivity contribution in [1.82, 2.24) is 0 Å². The molecule has 2 aromatic rings. The van der Waals surface area contributed by atoms with E-state index in [0.29, 0.717) is 25.4 Å². The van der Waals surface area contributed by atoms with Crippen LogP contribution in [0.15, 0.2) is 24.3 Å². The second-order valence-corrected chi connectivity index (χ2v) is 8.00. The molecule has 11 heteroatoms. The van der Waals surface area contributed by atoms with Gasteiger partial charge >= 0.3 is 6.18 Å². The van der Waals surface area contributed by atoms with Crippen molar-refractivity contribution in [2.45, 2.75) is 18.1 Å². The molecule has 0 saturated heterocycles. The molecule has 0 radical (unpaired) electrons. The van der Waals surface area contributed by atoms with Crippen molar-refractivity contribution in [3.8, 4) is 0 Å². The van der Waals surface area contributed by atoms with Crippen LogP contribution in [-0.4, -0.2) is 12.8 Å². The molecule has 0 fully saturated rings. The molecule has 0 saturated carbocycles. The van der Waals surface area contributed by atoms with E-state index in [9.17, 15) is 13.2 Å². The molecule has 0 N–H and O–H groups in total. The van der Waals surface area contributed by atoms with Crippen molar-refractivity contribution in [1.29, 1.82) is 0 Å². The predicted octanol–water partition coefficient (Wildman–Crippen LogP) is 9.27. The number of ether oxygens (including phenoxy) is 1. The van der Waals surface area contributed by atoms with E-state index in [1.165, 1.54) is 12.1 Å². The Labute approximate surface area is 192 Å². The highest BCUT2D eigenvalue weighted by molar-refractivity contribution is 9.08.